The molecule has 234 valence electrons. The first-order chi connectivity index (χ1) is 21.3. The van der Waals surface area contributed by atoms with Crippen molar-refractivity contribution in [3.63, 3.8) is 0 Å². The first kappa shape index (κ1) is 32.9. The lowest BCUT2D eigenvalue weighted by Crippen LogP contribution is -2.54. The van der Waals surface area contributed by atoms with E-state index in [1.807, 2.05) is 104 Å². The van der Waals surface area contributed by atoms with Gasteiger partial charge in [0.05, 0.1) is 5.92 Å². The Morgan fingerprint density at radius 3 is 2.16 bits per heavy atom. The molecule has 2 N–H and O–H groups in total. The summed E-state index contributed by atoms with van der Waals surface area (Å²) in [6.45, 7) is 5.34. The quantitative estimate of drug-likeness (QED) is 0.162. The number of nitrogens with zero attached hydrogens (tertiary/aromatic N) is 4. The highest BCUT2D eigenvalue weighted by atomic mass is 16.4. The molecule has 0 aliphatic carbocycles. The number of benzene rings is 3. The Morgan fingerprint density at radius 2 is 1.52 bits per heavy atom. The summed E-state index contributed by atoms with van der Waals surface area (Å²) in [5.74, 6) is -1.50. The Labute approximate surface area is 261 Å². The summed E-state index contributed by atoms with van der Waals surface area (Å²) in [4.78, 5) is 30.5. The van der Waals surface area contributed by atoms with Gasteiger partial charge in [0.15, 0.2) is 0 Å². The molecule has 0 aliphatic heterocycles. The number of amides is 1. The number of para-hydroxylation sites is 1. The van der Waals surface area contributed by atoms with E-state index in [1.54, 1.807) is 4.90 Å². The number of hydrogen-bond acceptors (Lipinski definition) is 5. The molecule has 3 aromatic carbocycles. The van der Waals surface area contributed by atoms with E-state index < -0.39 is 17.9 Å². The van der Waals surface area contributed by atoms with Crippen molar-refractivity contribution < 1.29 is 14.7 Å². The van der Waals surface area contributed by atoms with E-state index in [2.05, 4.69) is 35.1 Å². The van der Waals surface area contributed by atoms with Gasteiger partial charge in [-0.3, -0.25) is 15.0 Å². The van der Waals surface area contributed by atoms with Gasteiger partial charge in [0.25, 0.3) is 0 Å². The minimum atomic E-state index is -0.842. The van der Waals surface area contributed by atoms with Gasteiger partial charge in [-0.1, -0.05) is 85.8 Å². The molecule has 0 unspecified atom stereocenters. The lowest BCUT2D eigenvalue weighted by molar-refractivity contribution is -0.140. The molecule has 0 radical (unpaired) electrons. The average molecular weight is 598 g/mol. The molecule has 0 bridgehead atoms. The Balaban J connectivity index is 1.50. The zero-order valence-corrected chi connectivity index (χ0v) is 26.5. The van der Waals surface area contributed by atoms with Gasteiger partial charge >= 0.3 is 5.97 Å². The number of carboxylic acid groups (broad SMARTS) is 1. The number of hydrazine groups is 1. The summed E-state index contributed by atoms with van der Waals surface area (Å²) >= 11 is 0. The van der Waals surface area contributed by atoms with Crippen molar-refractivity contribution in [3.8, 4) is 0 Å². The standard InChI is InChI=1S/C36H47N5O3/c1-5-41(34(25-28-15-8-6-9-16-28)35(42)39(4)26-29-17-10-7-11-18-29)37-22-21-31(36(43)44)32-27-40(24-14-23-38(2)3)33-20-13-12-19-30(32)33/h6-13,15-20,27,31,34,37H,5,14,21-26H2,1-4H3,(H,43,44)/t31-,34-/m0/s1. The smallest absolute Gasteiger partial charge is 0.311 e. The number of aryl methyl sites for hydroxylation is 1. The second-order valence-corrected chi connectivity index (χ2v) is 11.7. The van der Waals surface area contributed by atoms with Crippen LogP contribution in [0.2, 0.25) is 0 Å². The predicted octanol–water partition coefficient (Wildman–Crippen LogP) is 5.25. The fourth-order valence-corrected chi connectivity index (χ4v) is 5.86. The highest BCUT2D eigenvalue weighted by Gasteiger charge is 2.29. The highest BCUT2D eigenvalue weighted by molar-refractivity contribution is 5.90. The van der Waals surface area contributed by atoms with Gasteiger partial charge in [-0.15, -0.1) is 0 Å². The normalized spacial score (nSPS) is 13.0. The van der Waals surface area contributed by atoms with Crippen LogP contribution in [0.1, 0.15) is 42.4 Å². The van der Waals surface area contributed by atoms with Crippen molar-refractivity contribution >= 4 is 22.8 Å². The molecule has 1 heterocycles. The van der Waals surface area contributed by atoms with Crippen molar-refractivity contribution in [2.75, 3.05) is 40.8 Å². The highest BCUT2D eigenvalue weighted by Crippen LogP contribution is 2.30. The number of carbonyl (C=O) groups is 2. The van der Waals surface area contributed by atoms with E-state index in [-0.39, 0.29) is 5.91 Å². The molecule has 0 aliphatic rings. The number of carbonyl (C=O) groups excluding carboxylic acids is 1. The monoisotopic (exact) mass is 597 g/mol. The average Bonchev–Trinajstić information content (AvgIpc) is 3.38. The fourth-order valence-electron chi connectivity index (χ4n) is 5.86. The number of rotatable bonds is 17. The number of nitrogens with one attached hydrogen (secondary N) is 1. The molecule has 1 aromatic heterocycles. The molecule has 4 rings (SSSR count). The van der Waals surface area contributed by atoms with Gasteiger partial charge in [0, 0.05) is 50.3 Å². The molecule has 4 aromatic rings. The fraction of sp³-hybridized carbons (Fsp3) is 0.389. The number of aromatic nitrogens is 1. The summed E-state index contributed by atoms with van der Waals surface area (Å²) in [6, 6.07) is 27.6. The number of carboxylic acids is 1. The van der Waals surface area contributed by atoms with E-state index >= 15 is 0 Å². The van der Waals surface area contributed by atoms with E-state index in [1.165, 1.54) is 0 Å². The van der Waals surface area contributed by atoms with Crippen LogP contribution in [0.4, 0.5) is 0 Å². The first-order valence-corrected chi connectivity index (χ1v) is 15.6. The van der Waals surface area contributed by atoms with Gasteiger partial charge in [-0.2, -0.15) is 0 Å². The van der Waals surface area contributed by atoms with Crippen molar-refractivity contribution in [2.24, 2.45) is 0 Å². The van der Waals surface area contributed by atoms with Gasteiger partial charge < -0.3 is 19.5 Å². The summed E-state index contributed by atoms with van der Waals surface area (Å²) in [5, 5.41) is 13.3. The van der Waals surface area contributed by atoms with Gasteiger partial charge in [0.2, 0.25) is 5.91 Å². The largest absolute Gasteiger partial charge is 0.481 e. The van der Waals surface area contributed by atoms with Crippen molar-refractivity contribution in [1.29, 1.82) is 0 Å². The summed E-state index contributed by atoms with van der Waals surface area (Å²) in [5.41, 5.74) is 7.50. The SMILES string of the molecule is CCN(NCC[C@H](C(=O)O)c1cn(CCCN(C)C)c2ccccc12)[C@@H](Cc1ccccc1)C(=O)N(C)Cc1ccccc1. The summed E-state index contributed by atoms with van der Waals surface area (Å²) < 4.78 is 2.19. The van der Waals surface area contributed by atoms with E-state index in [9.17, 15) is 14.7 Å². The predicted molar refractivity (Wildman–Crippen MR) is 177 cm³/mol. The second kappa shape index (κ2) is 16.2. The zero-order valence-electron chi connectivity index (χ0n) is 26.5. The minimum absolute atomic E-state index is 0.0163. The van der Waals surface area contributed by atoms with Crippen LogP contribution in [-0.2, 0) is 29.1 Å². The van der Waals surface area contributed by atoms with Gasteiger partial charge in [-0.25, -0.2) is 5.01 Å². The minimum Gasteiger partial charge on any atom is -0.481 e. The van der Waals surface area contributed by atoms with Gasteiger partial charge in [-0.05, 0) is 62.7 Å². The number of hydrogen-bond donors (Lipinski definition) is 2. The van der Waals surface area contributed by atoms with Gasteiger partial charge in [0.1, 0.15) is 6.04 Å². The van der Waals surface area contributed by atoms with Crippen molar-refractivity contribution in [1.82, 2.24) is 24.8 Å². The third-order valence-electron chi connectivity index (χ3n) is 8.16. The second-order valence-electron chi connectivity index (χ2n) is 11.7. The molecule has 8 heteroatoms. The molecule has 2 atom stereocenters. The van der Waals surface area contributed by atoms with Crippen LogP contribution in [-0.4, -0.2) is 83.2 Å². The molecule has 0 saturated carbocycles. The molecular formula is C36H47N5O3. The van der Waals surface area contributed by atoms with Crippen LogP contribution in [0.15, 0.2) is 91.1 Å². The lowest BCUT2D eigenvalue weighted by Gasteiger charge is -2.33. The van der Waals surface area contributed by atoms with E-state index in [0.717, 1.165) is 47.1 Å². The molecule has 1 amide bonds. The van der Waals surface area contributed by atoms with Crippen LogP contribution >= 0.6 is 0 Å². The Morgan fingerprint density at radius 1 is 0.886 bits per heavy atom. The summed E-state index contributed by atoms with van der Waals surface area (Å²) in [6.07, 6.45) is 3.94. The summed E-state index contributed by atoms with van der Waals surface area (Å²) in [7, 11) is 5.97. The molecule has 0 fully saturated rings. The molecule has 0 saturated heterocycles. The third-order valence-corrected chi connectivity index (χ3v) is 8.16. The zero-order chi connectivity index (χ0) is 31.5. The van der Waals surface area contributed by atoms with E-state index in [0.29, 0.717) is 32.5 Å². The Hall–Kier alpha value is -3.98. The maximum absolute atomic E-state index is 13.9. The van der Waals surface area contributed by atoms with Crippen molar-refractivity contribution in [2.45, 2.75) is 51.2 Å². The number of aliphatic carboxylic acids is 1. The van der Waals surface area contributed by atoms with Crippen LogP contribution in [0.5, 0.6) is 0 Å². The molecular weight excluding hydrogens is 550 g/mol. The van der Waals surface area contributed by atoms with Crippen LogP contribution in [0.25, 0.3) is 10.9 Å². The Kier molecular flexibility index (Phi) is 12.1. The number of likely N-dealkylation sites (N-methyl/N-ethyl adjacent to an activating group) is 2. The van der Waals surface area contributed by atoms with Crippen LogP contribution in [0.3, 0.4) is 0 Å². The maximum Gasteiger partial charge on any atom is 0.311 e. The Bertz CT molecular complexity index is 1470. The third kappa shape index (κ3) is 8.78. The van der Waals surface area contributed by atoms with Crippen molar-refractivity contribution in [3.05, 3.63) is 108 Å². The number of fused-ring (bicyclic) bond motifs is 1. The van der Waals surface area contributed by atoms with Crippen LogP contribution in [0, 0.1) is 0 Å². The van der Waals surface area contributed by atoms with Crippen LogP contribution < -0.4 is 5.43 Å². The molecule has 8 nitrogen and oxygen atoms in total. The van der Waals surface area contributed by atoms with E-state index in [4.69, 9.17) is 0 Å². The maximum atomic E-state index is 13.9. The first-order valence-electron chi connectivity index (χ1n) is 15.6. The lowest BCUT2D eigenvalue weighted by atomic mass is 9.95. The molecule has 0 spiro atoms. The molecule has 44 heavy (non-hydrogen) atoms. The topological polar surface area (TPSA) is 81.0 Å².